The maximum Gasteiger partial charge on any atom is 0.258 e. The zero-order valence-corrected chi connectivity index (χ0v) is 16.4. The summed E-state index contributed by atoms with van der Waals surface area (Å²) in [4.78, 5) is 25.2. The van der Waals surface area contributed by atoms with Crippen molar-refractivity contribution in [3.05, 3.63) is 47.4 Å². The highest BCUT2D eigenvalue weighted by molar-refractivity contribution is 6.33. The third-order valence-corrected chi connectivity index (χ3v) is 5.77. The number of hydrogen-bond acceptors (Lipinski definition) is 8. The molecule has 0 unspecified atom stereocenters. The number of aromatic nitrogens is 4. The maximum absolute atomic E-state index is 12.5. The number of nitrogens with one attached hydrogen (secondary N) is 1. The number of halogens is 1. The van der Waals surface area contributed by atoms with Crippen LogP contribution >= 0.6 is 11.6 Å². The Balaban J connectivity index is 1.52. The van der Waals surface area contributed by atoms with E-state index in [0.29, 0.717) is 29.8 Å². The van der Waals surface area contributed by atoms with Crippen LogP contribution in [0.3, 0.4) is 0 Å². The topological polar surface area (TPSA) is 132 Å². The van der Waals surface area contributed by atoms with Crippen molar-refractivity contribution >= 4 is 34.6 Å². The van der Waals surface area contributed by atoms with Crippen LogP contribution in [0.15, 0.2) is 36.7 Å². The molecule has 0 aliphatic carbocycles. The molecular weight excluding hydrogens is 414 g/mol. The van der Waals surface area contributed by atoms with Gasteiger partial charge in [-0.2, -0.15) is 9.97 Å². The smallest absolute Gasteiger partial charge is 0.258 e. The molecule has 2 aromatic heterocycles. The lowest BCUT2D eigenvalue weighted by Gasteiger charge is -2.44. The van der Waals surface area contributed by atoms with Crippen LogP contribution in [0.25, 0.3) is 11.2 Å². The number of fused-ring (bicyclic) bond motifs is 1. The highest BCUT2D eigenvalue weighted by Gasteiger charge is 2.61. The summed E-state index contributed by atoms with van der Waals surface area (Å²) in [6.07, 6.45) is -0.567. The number of aliphatic hydroxyl groups excluding tert-OH is 2. The summed E-state index contributed by atoms with van der Waals surface area (Å²) in [7, 11) is 0. The van der Waals surface area contributed by atoms with E-state index in [-0.39, 0.29) is 23.6 Å². The molecule has 2 aliphatic rings. The van der Waals surface area contributed by atoms with E-state index in [1.54, 1.807) is 28.8 Å². The van der Waals surface area contributed by atoms with Gasteiger partial charge in [-0.05, 0) is 12.1 Å². The molecule has 1 amide bonds. The van der Waals surface area contributed by atoms with Crippen LogP contribution in [-0.4, -0.2) is 66.7 Å². The van der Waals surface area contributed by atoms with Crippen molar-refractivity contribution in [2.75, 3.05) is 18.5 Å². The number of benzene rings is 1. The van der Waals surface area contributed by atoms with Crippen molar-refractivity contribution in [1.29, 1.82) is 0 Å². The van der Waals surface area contributed by atoms with Crippen LogP contribution < -0.4 is 5.32 Å². The van der Waals surface area contributed by atoms with Gasteiger partial charge in [0, 0.05) is 12.0 Å². The van der Waals surface area contributed by atoms with E-state index in [1.165, 1.54) is 6.33 Å². The van der Waals surface area contributed by atoms with Gasteiger partial charge >= 0.3 is 0 Å². The number of nitrogens with zero attached hydrogens (tertiary/aromatic N) is 4. The summed E-state index contributed by atoms with van der Waals surface area (Å²) in [5, 5.41) is 22.8. The molecule has 30 heavy (non-hydrogen) atoms. The third-order valence-electron chi connectivity index (χ3n) is 5.51. The molecule has 156 valence electrons. The van der Waals surface area contributed by atoms with Crippen LogP contribution in [0.5, 0.6) is 0 Å². The molecule has 4 heterocycles. The van der Waals surface area contributed by atoms with E-state index in [2.05, 4.69) is 20.3 Å². The monoisotopic (exact) mass is 431 g/mol. The first kappa shape index (κ1) is 19.3. The lowest BCUT2D eigenvalue weighted by Crippen LogP contribution is -2.56. The fraction of sp³-hybridized carbons (Fsp3) is 0.368. The Hall–Kier alpha value is -2.63. The number of rotatable bonds is 4. The van der Waals surface area contributed by atoms with Crippen molar-refractivity contribution in [3.8, 4) is 0 Å². The number of hydrogen-bond donors (Lipinski definition) is 3. The van der Waals surface area contributed by atoms with Gasteiger partial charge in [0.15, 0.2) is 17.0 Å². The first-order valence-electron chi connectivity index (χ1n) is 9.38. The van der Waals surface area contributed by atoms with Gasteiger partial charge in [0.05, 0.1) is 19.5 Å². The average molecular weight is 432 g/mol. The van der Waals surface area contributed by atoms with Crippen molar-refractivity contribution in [1.82, 2.24) is 19.5 Å². The molecule has 0 bridgehead atoms. The second-order valence-electron chi connectivity index (χ2n) is 7.19. The van der Waals surface area contributed by atoms with Crippen molar-refractivity contribution < 1.29 is 24.5 Å². The quantitative estimate of drug-likeness (QED) is 0.524. The molecule has 4 atom stereocenters. The molecule has 0 saturated carbocycles. The number of imidazole rings is 1. The van der Waals surface area contributed by atoms with Gasteiger partial charge < -0.3 is 19.7 Å². The molecule has 11 heteroatoms. The first-order chi connectivity index (χ1) is 14.5. The van der Waals surface area contributed by atoms with Gasteiger partial charge in [0.25, 0.3) is 5.91 Å². The molecule has 5 rings (SSSR count). The van der Waals surface area contributed by atoms with E-state index in [1.807, 2.05) is 6.07 Å². The molecule has 2 aliphatic heterocycles. The Morgan fingerprint density at radius 1 is 1.33 bits per heavy atom. The largest absolute Gasteiger partial charge is 0.394 e. The molecule has 3 N–H and O–H groups in total. The number of amides is 1. The number of carbonyl (C=O) groups excluding carboxylic acids is 1. The highest BCUT2D eigenvalue weighted by atomic mass is 35.5. The Bertz CT molecular complexity index is 1100. The maximum atomic E-state index is 12.5. The van der Waals surface area contributed by atoms with Crippen LogP contribution in [0.1, 0.15) is 23.0 Å². The summed E-state index contributed by atoms with van der Waals surface area (Å²) in [6, 6.07) is 8.64. The summed E-state index contributed by atoms with van der Waals surface area (Å²) < 4.78 is 13.2. The van der Waals surface area contributed by atoms with Crippen LogP contribution in [0.4, 0.5) is 5.95 Å². The summed E-state index contributed by atoms with van der Waals surface area (Å²) in [5.41, 5.74) is 0.0606. The van der Waals surface area contributed by atoms with Crippen molar-refractivity contribution in [2.24, 2.45) is 0 Å². The zero-order valence-electron chi connectivity index (χ0n) is 15.6. The van der Waals surface area contributed by atoms with Gasteiger partial charge in [0.2, 0.25) is 5.95 Å². The Kier molecular flexibility index (Phi) is 4.68. The minimum absolute atomic E-state index is 0.00364. The molecular formula is C19H18ClN5O5. The lowest BCUT2D eigenvalue weighted by molar-refractivity contribution is -0.225. The Morgan fingerprint density at radius 2 is 2.10 bits per heavy atom. The highest BCUT2D eigenvalue weighted by Crippen LogP contribution is 2.49. The molecule has 1 spiro atoms. The standard InChI is InChI=1S/C19H18ClN5O5/c20-14-12-15(23-18(22-14)24-16(28)10-4-2-1-3-5-10)25(9-21-12)17-19(6-7-29-19)13(27)11(8-26)30-17/h1-5,9,11,13,17,26-27H,6-8H2,(H,22,23,24,28)/t11-,13-,17-,19-/m1/s1. The van der Waals surface area contributed by atoms with E-state index >= 15 is 0 Å². The van der Waals surface area contributed by atoms with Gasteiger partial charge in [-0.3, -0.25) is 14.7 Å². The first-order valence-corrected chi connectivity index (χ1v) is 9.76. The van der Waals surface area contributed by atoms with E-state index in [4.69, 9.17) is 21.1 Å². The second-order valence-corrected chi connectivity index (χ2v) is 7.55. The third kappa shape index (κ3) is 2.88. The predicted octanol–water partition coefficient (Wildman–Crippen LogP) is 1.14. The summed E-state index contributed by atoms with van der Waals surface area (Å²) >= 11 is 6.28. The van der Waals surface area contributed by atoms with Gasteiger partial charge in [-0.25, -0.2) is 4.98 Å². The number of carbonyl (C=O) groups is 1. The van der Waals surface area contributed by atoms with Gasteiger partial charge in [-0.1, -0.05) is 29.8 Å². The normalized spacial score (nSPS) is 28.0. The lowest BCUT2D eigenvalue weighted by atomic mass is 9.86. The van der Waals surface area contributed by atoms with Gasteiger partial charge in [0.1, 0.15) is 23.3 Å². The molecule has 2 fully saturated rings. The molecule has 1 aromatic carbocycles. The summed E-state index contributed by atoms with van der Waals surface area (Å²) in [6.45, 7) is 0.110. The van der Waals surface area contributed by atoms with Crippen LogP contribution in [0.2, 0.25) is 5.15 Å². The Morgan fingerprint density at radius 3 is 2.77 bits per heavy atom. The molecule has 3 aromatic rings. The molecule has 0 radical (unpaired) electrons. The fourth-order valence-corrected chi connectivity index (χ4v) is 4.11. The SMILES string of the molecule is O=C(Nc1nc(Cl)c2ncn([C@@H]3O[C@H](CO)[C@@H](O)[C@]34CCO4)c2n1)c1ccccc1. The zero-order chi connectivity index (χ0) is 20.9. The molecule has 2 saturated heterocycles. The number of ether oxygens (including phenoxy) is 2. The fourth-order valence-electron chi connectivity index (χ4n) is 3.90. The second kappa shape index (κ2) is 7.25. The van der Waals surface area contributed by atoms with E-state index in [9.17, 15) is 15.0 Å². The van der Waals surface area contributed by atoms with Crippen molar-refractivity contribution in [2.45, 2.75) is 30.5 Å². The van der Waals surface area contributed by atoms with E-state index in [0.717, 1.165) is 0 Å². The number of aliphatic hydroxyl groups is 2. The van der Waals surface area contributed by atoms with Gasteiger partial charge in [-0.15, -0.1) is 0 Å². The minimum Gasteiger partial charge on any atom is -0.394 e. The average Bonchev–Trinajstić information content (AvgIpc) is 3.27. The molecule has 10 nitrogen and oxygen atoms in total. The minimum atomic E-state index is -1.01. The van der Waals surface area contributed by atoms with Crippen molar-refractivity contribution in [3.63, 3.8) is 0 Å². The summed E-state index contributed by atoms with van der Waals surface area (Å²) in [5.74, 6) is -0.382. The van der Waals surface area contributed by atoms with Crippen LogP contribution in [0, 0.1) is 0 Å². The van der Waals surface area contributed by atoms with E-state index < -0.39 is 24.0 Å². The Labute approximate surface area is 175 Å². The predicted molar refractivity (Wildman–Crippen MR) is 105 cm³/mol. The van der Waals surface area contributed by atoms with Crippen LogP contribution in [-0.2, 0) is 9.47 Å². The number of anilines is 1.